The summed E-state index contributed by atoms with van der Waals surface area (Å²) in [6, 6.07) is 12.1. The van der Waals surface area contributed by atoms with Crippen LogP contribution in [0.5, 0.6) is 5.75 Å². The molecule has 0 aromatic heterocycles. The summed E-state index contributed by atoms with van der Waals surface area (Å²) in [7, 11) is 0. The zero-order valence-electron chi connectivity index (χ0n) is 47.3. The lowest BCUT2D eigenvalue weighted by Crippen LogP contribution is -2.63. The maximum absolute atomic E-state index is 14.0. The van der Waals surface area contributed by atoms with Crippen LogP contribution in [0.2, 0.25) is 0 Å². The number of ether oxygens (including phenoxy) is 5. The van der Waals surface area contributed by atoms with E-state index >= 15 is 0 Å². The first-order chi connectivity index (χ1) is 39.6. The van der Waals surface area contributed by atoms with E-state index in [4.69, 9.17) is 29.4 Å². The molecule has 22 nitrogen and oxygen atoms in total. The smallest absolute Gasteiger partial charge is 0.407 e. The lowest BCUT2D eigenvalue weighted by atomic mass is 9.46. The van der Waals surface area contributed by atoms with Crippen molar-refractivity contribution in [2.45, 2.75) is 178 Å². The average molecular weight is 1160 g/mol. The molecule has 1 spiro atoms. The molecule has 10 rings (SSSR count). The first-order valence-electron chi connectivity index (χ1n) is 29.4. The Morgan fingerprint density at radius 2 is 1.64 bits per heavy atom. The highest BCUT2D eigenvalue weighted by molar-refractivity contribution is 6.01. The van der Waals surface area contributed by atoms with Crippen molar-refractivity contribution in [1.29, 1.82) is 0 Å². The van der Waals surface area contributed by atoms with Crippen LogP contribution in [0, 0.1) is 39.9 Å². The molecule has 2 aliphatic heterocycles. The first-order valence-corrected chi connectivity index (χ1v) is 29.4. The highest BCUT2D eigenvalue weighted by Gasteiger charge is 2.76. The van der Waals surface area contributed by atoms with Crippen LogP contribution in [0.1, 0.15) is 121 Å². The van der Waals surface area contributed by atoms with Gasteiger partial charge in [-0.25, -0.2) is 9.59 Å². The van der Waals surface area contributed by atoms with Crippen molar-refractivity contribution >= 4 is 41.1 Å². The van der Waals surface area contributed by atoms with Crippen molar-refractivity contribution in [2.24, 2.45) is 45.7 Å². The Bertz CT molecular complexity index is 2830. The Kier molecular flexibility index (Phi) is 17.6. The summed E-state index contributed by atoms with van der Waals surface area (Å²) >= 11 is 0. The summed E-state index contributed by atoms with van der Waals surface area (Å²) in [6.07, 6.45) is 2.48. The number of aliphatic hydroxyl groups excluding tert-OH is 5. The number of anilines is 1. The molecule has 7 fully saturated rings. The molecule has 3 amide bonds. The van der Waals surface area contributed by atoms with Crippen LogP contribution >= 0.6 is 0 Å². The van der Waals surface area contributed by atoms with Gasteiger partial charge in [0.05, 0.1) is 17.9 Å². The second kappa shape index (κ2) is 24.3. The van der Waals surface area contributed by atoms with Gasteiger partial charge in [-0.15, -0.1) is 0 Å². The van der Waals surface area contributed by atoms with Crippen molar-refractivity contribution in [1.82, 2.24) is 16.0 Å². The van der Waals surface area contributed by atoms with Crippen LogP contribution in [0.25, 0.3) is 0 Å². The molecule has 0 bridgehead atoms. The summed E-state index contributed by atoms with van der Waals surface area (Å²) in [5.74, 6) is -2.21. The summed E-state index contributed by atoms with van der Waals surface area (Å²) in [5.41, 5.74) is 6.92. The van der Waals surface area contributed by atoms with E-state index < -0.39 is 96.1 Å². The molecule has 2 aromatic rings. The minimum atomic E-state index is -1.92. The van der Waals surface area contributed by atoms with Crippen molar-refractivity contribution in [3.63, 3.8) is 0 Å². The molecule has 6 aliphatic carbocycles. The minimum Gasteiger partial charge on any atom is -0.479 e. The Labute approximate surface area is 482 Å². The second-order valence-corrected chi connectivity index (χ2v) is 25.2. The predicted molar refractivity (Wildman–Crippen MR) is 297 cm³/mol. The van der Waals surface area contributed by atoms with Crippen molar-refractivity contribution < 1.29 is 83.1 Å². The number of carboxylic acids is 1. The normalized spacial score (nSPS) is 36.8. The Balaban J connectivity index is 0.694. The molecule has 8 aliphatic rings. The van der Waals surface area contributed by atoms with E-state index in [-0.39, 0.29) is 72.3 Å². The van der Waals surface area contributed by atoms with E-state index in [0.717, 1.165) is 61.6 Å². The van der Waals surface area contributed by atoms with Crippen LogP contribution < -0.4 is 31.7 Å². The number of fused-ring (bicyclic) bond motifs is 7. The largest absolute Gasteiger partial charge is 0.479 e. The number of hydrogen-bond acceptors (Lipinski definition) is 18. The summed E-state index contributed by atoms with van der Waals surface area (Å²) in [5, 5.41) is 75.0. The molecule has 0 radical (unpaired) electrons. The van der Waals surface area contributed by atoms with Crippen LogP contribution in [0.15, 0.2) is 66.3 Å². The van der Waals surface area contributed by atoms with Gasteiger partial charge in [0.2, 0.25) is 18.1 Å². The van der Waals surface area contributed by atoms with Gasteiger partial charge in [0.25, 0.3) is 0 Å². The minimum absolute atomic E-state index is 0.00142. The topological polar surface area (TPSA) is 344 Å². The van der Waals surface area contributed by atoms with Crippen LogP contribution in [-0.4, -0.2) is 153 Å². The molecule has 22 heteroatoms. The molecule has 15 atom stereocenters. The number of allylic oxidation sites excluding steroid dienone is 4. The molecular formula is C61H81N5O17. The summed E-state index contributed by atoms with van der Waals surface area (Å²) < 4.78 is 30.4. The molecule has 2 aromatic carbocycles. The number of rotatable bonds is 22. The average Bonchev–Trinajstić information content (AvgIpc) is 3.86. The Hall–Kier alpha value is -5.82. The Morgan fingerprint density at radius 3 is 2.35 bits per heavy atom. The fourth-order valence-corrected chi connectivity index (χ4v) is 15.9. The number of nitrogens with two attached hydrogens (primary N) is 1. The molecule has 12 N–H and O–H groups in total. The van der Waals surface area contributed by atoms with Gasteiger partial charge in [0.1, 0.15) is 43.3 Å². The maximum Gasteiger partial charge on any atom is 0.407 e. The lowest BCUT2D eigenvalue weighted by molar-refractivity contribution is -0.271. The standard InChI is InChI=1S/C61H81N5O17/c1-32(68)65-42(7-4-5-18-62)53(75)64-20-6-19-63-43-22-34(10-15-45(43)80-56-51(74)49(72)50(73)52(82-56)54(76)77)31-79-57(78)66-38-27-60(28-38)25-35(26-60)21-33-8-11-36(12-9-33)55-81-47-24-41-40-14-13-37-23-39(69)16-17-58(37,2)48(40)44(70)29-59(41,3)61(47,83-55)46(71)30-67/h8-12,15-17,22-23,35,38,40-42,44,47-52,55-56,63,67,70,72-74H,4-7,13-14,18-21,24-31,62H2,1-3H3,(H,64,75)(H,65,68)(H,66,78)(H,76,77)/t35?,38?,40-,41-,42-,44-,47+,48+,49-,50-,51+,52-,55+,56+,58-,59-,60?,61+/m0/s1. The van der Waals surface area contributed by atoms with Gasteiger partial charge >= 0.3 is 12.1 Å². The number of ketones is 2. The highest BCUT2D eigenvalue weighted by Crippen LogP contribution is 2.70. The van der Waals surface area contributed by atoms with Gasteiger partial charge in [-0.3, -0.25) is 19.2 Å². The molecule has 5 saturated carbocycles. The highest BCUT2D eigenvalue weighted by atomic mass is 16.7. The molecular weight excluding hydrogens is 1070 g/mol. The van der Waals surface area contributed by atoms with Crippen molar-refractivity contribution in [3.05, 3.63) is 83.0 Å². The van der Waals surface area contributed by atoms with Crippen molar-refractivity contribution in [2.75, 3.05) is 31.6 Å². The fraction of sp³-hybridized carbons (Fsp3) is 0.639. The second-order valence-electron chi connectivity index (χ2n) is 25.2. The van der Waals surface area contributed by atoms with E-state index in [9.17, 15) is 59.4 Å². The fourth-order valence-electron chi connectivity index (χ4n) is 15.9. The number of alkyl carbamates (subject to hydrolysis) is 1. The van der Waals surface area contributed by atoms with Gasteiger partial charge in [-0.2, -0.15) is 0 Å². The van der Waals surface area contributed by atoms with E-state index in [1.165, 1.54) is 13.0 Å². The van der Waals surface area contributed by atoms with E-state index in [2.05, 4.69) is 40.3 Å². The number of amides is 3. The number of aliphatic hydroxyl groups is 5. The number of carboxylic acid groups (broad SMARTS) is 1. The zero-order valence-corrected chi connectivity index (χ0v) is 47.3. The number of nitrogens with one attached hydrogen (secondary N) is 4. The number of unbranched alkanes of at least 4 members (excludes halogenated alkanes) is 1. The van der Waals surface area contributed by atoms with Gasteiger partial charge in [-0.05, 0) is 149 Å². The Morgan fingerprint density at radius 1 is 0.892 bits per heavy atom. The van der Waals surface area contributed by atoms with Gasteiger partial charge in [0, 0.05) is 48.4 Å². The summed E-state index contributed by atoms with van der Waals surface area (Å²) in [4.78, 5) is 75.9. The van der Waals surface area contributed by atoms with Crippen LogP contribution in [-0.2, 0) is 55.9 Å². The van der Waals surface area contributed by atoms with E-state index in [1.807, 2.05) is 25.1 Å². The van der Waals surface area contributed by atoms with E-state index in [1.54, 1.807) is 24.3 Å². The number of carbonyl (C=O) groups excluding carboxylic acids is 5. The predicted octanol–water partition coefficient (Wildman–Crippen LogP) is 3.14. The van der Waals surface area contributed by atoms with Gasteiger partial charge in [0.15, 0.2) is 29.6 Å². The number of aliphatic carboxylic acids is 1. The van der Waals surface area contributed by atoms with Crippen molar-refractivity contribution in [3.8, 4) is 5.75 Å². The molecule has 83 heavy (non-hydrogen) atoms. The van der Waals surface area contributed by atoms with Gasteiger partial charge < -0.3 is 81.3 Å². The molecule has 2 heterocycles. The number of Topliss-reactive ketones (excluding diaryl/α,β-unsaturated/α-hetero) is 1. The lowest BCUT2D eigenvalue weighted by Gasteiger charge is -2.59. The van der Waals surface area contributed by atoms with Gasteiger partial charge in [-0.1, -0.05) is 55.8 Å². The van der Waals surface area contributed by atoms with Crippen LogP contribution in [0.3, 0.4) is 0 Å². The van der Waals surface area contributed by atoms with Crippen LogP contribution in [0.4, 0.5) is 10.5 Å². The number of carbonyl (C=O) groups is 6. The van der Waals surface area contributed by atoms with E-state index in [0.29, 0.717) is 62.2 Å². The third-order valence-electron chi connectivity index (χ3n) is 19.8. The molecule has 0 unspecified atom stereocenters. The SMILES string of the molecule is CC(=O)N[C@@H](CCCCN)C(=O)NCCCNc1cc(COC(=O)NC2CC3(CC(Cc4ccc([C@@H]5O[C@@H]6C[C@H]7[C@@H]8CCC9=CC(=O)C=C[C@]9(C)[C@H]8[C@@H](O)C[C@]7(C)[C@]6(C(=O)CO)O5)cc4)C3)C2)ccc1O[C@@H]1O[C@H](C(=O)O)[C@@H](O)[C@H](O)[C@H]1O. The first kappa shape index (κ1) is 60.3. The molecule has 452 valence electrons. The quantitative estimate of drug-likeness (QED) is 0.0754. The third-order valence-corrected chi connectivity index (χ3v) is 19.8. The third kappa shape index (κ3) is 11.7. The zero-order chi connectivity index (χ0) is 59.2. The molecule has 2 saturated heterocycles. The number of hydrogen-bond donors (Lipinski definition) is 11. The number of benzene rings is 2. The maximum atomic E-state index is 14.0. The monoisotopic (exact) mass is 1160 g/mol. The summed E-state index contributed by atoms with van der Waals surface area (Å²) in [6.45, 7) is 5.62.